The van der Waals surface area contributed by atoms with Crippen molar-refractivity contribution in [3.8, 4) is 5.75 Å². The minimum absolute atomic E-state index is 0.0212. The summed E-state index contributed by atoms with van der Waals surface area (Å²) in [6, 6.07) is 9.02. The number of hydrogen-bond donors (Lipinski definition) is 0. The topological polar surface area (TPSA) is 89.8 Å². The quantitative estimate of drug-likeness (QED) is 0.409. The molecule has 142 valence electrons. The fourth-order valence-corrected chi connectivity index (χ4v) is 2.75. The zero-order valence-electron chi connectivity index (χ0n) is 15.2. The van der Waals surface area contributed by atoms with Gasteiger partial charge in [0.25, 0.3) is 5.69 Å². The van der Waals surface area contributed by atoms with Crippen LogP contribution in [0.3, 0.4) is 0 Å². The molecule has 0 unspecified atom stereocenters. The Labute approximate surface area is 161 Å². The predicted molar refractivity (Wildman–Crippen MR) is 101 cm³/mol. The average Bonchev–Trinajstić information content (AvgIpc) is 2.62. The van der Waals surface area contributed by atoms with Crippen LogP contribution in [0.25, 0.3) is 0 Å². The van der Waals surface area contributed by atoms with Crippen LogP contribution in [0.1, 0.15) is 28.4 Å². The van der Waals surface area contributed by atoms with E-state index in [0.29, 0.717) is 27.5 Å². The second kappa shape index (κ2) is 8.64. The van der Waals surface area contributed by atoms with E-state index in [1.807, 2.05) is 0 Å². The van der Waals surface area contributed by atoms with Gasteiger partial charge in [-0.1, -0.05) is 11.6 Å². The Morgan fingerprint density at radius 1 is 1.19 bits per heavy atom. The maximum absolute atomic E-state index is 12.6. The van der Waals surface area contributed by atoms with E-state index in [1.54, 1.807) is 25.2 Å². The molecular formula is C19H19ClN2O5. The van der Waals surface area contributed by atoms with Gasteiger partial charge in [-0.2, -0.15) is 0 Å². The van der Waals surface area contributed by atoms with E-state index in [1.165, 1.54) is 37.1 Å². The summed E-state index contributed by atoms with van der Waals surface area (Å²) in [5.74, 6) is 0.162. The Hall–Kier alpha value is -2.93. The molecule has 2 rings (SSSR count). The van der Waals surface area contributed by atoms with Gasteiger partial charge in [0.2, 0.25) is 5.91 Å². The zero-order valence-corrected chi connectivity index (χ0v) is 15.9. The van der Waals surface area contributed by atoms with E-state index in [4.69, 9.17) is 16.3 Å². The molecule has 0 saturated carbocycles. The predicted octanol–water partition coefficient (Wildman–Crippen LogP) is 3.66. The zero-order chi connectivity index (χ0) is 20.1. The van der Waals surface area contributed by atoms with Crippen LogP contribution in [0.4, 0.5) is 5.69 Å². The molecule has 0 aliphatic heterocycles. The highest BCUT2D eigenvalue weighted by molar-refractivity contribution is 6.31. The Balaban J connectivity index is 2.19. The van der Waals surface area contributed by atoms with Crippen LogP contribution in [0.2, 0.25) is 5.02 Å². The van der Waals surface area contributed by atoms with Crippen molar-refractivity contribution in [3.05, 3.63) is 68.2 Å². The third-order valence-electron chi connectivity index (χ3n) is 4.10. The number of ketones is 1. The Kier molecular flexibility index (Phi) is 6.52. The van der Waals surface area contributed by atoms with Crippen molar-refractivity contribution in [1.82, 2.24) is 4.90 Å². The highest BCUT2D eigenvalue weighted by Crippen LogP contribution is 2.25. The number of ether oxygens (including phenoxy) is 1. The summed E-state index contributed by atoms with van der Waals surface area (Å²) in [6.07, 6.45) is 0.0212. The number of non-ortho nitro benzene ring substituents is 1. The van der Waals surface area contributed by atoms with Crippen LogP contribution in [-0.2, 0) is 17.8 Å². The first-order valence-electron chi connectivity index (χ1n) is 8.07. The molecule has 0 spiro atoms. The number of nitrogens with zero attached hydrogens (tertiary/aromatic N) is 2. The molecule has 2 aromatic carbocycles. The second-order valence-electron chi connectivity index (χ2n) is 6.04. The molecule has 0 saturated heterocycles. The van der Waals surface area contributed by atoms with Gasteiger partial charge in [0.15, 0.2) is 5.78 Å². The molecule has 2 aromatic rings. The van der Waals surface area contributed by atoms with E-state index >= 15 is 0 Å². The van der Waals surface area contributed by atoms with E-state index in [-0.39, 0.29) is 30.3 Å². The number of Topliss-reactive ketones (excluding diaryl/α,β-unsaturated/α-hetero) is 1. The SMILES string of the molecule is COc1ccc(C(C)=O)cc1CC(=O)N(C)Cc1cc([N+](=O)[O-])ccc1Cl. The van der Waals surface area contributed by atoms with Crippen LogP contribution in [0.5, 0.6) is 5.75 Å². The highest BCUT2D eigenvalue weighted by Gasteiger charge is 2.17. The van der Waals surface area contributed by atoms with Crippen molar-refractivity contribution in [3.63, 3.8) is 0 Å². The summed E-state index contributed by atoms with van der Waals surface area (Å²) in [4.78, 5) is 36.0. The molecule has 0 heterocycles. The Morgan fingerprint density at radius 2 is 1.89 bits per heavy atom. The monoisotopic (exact) mass is 390 g/mol. The first-order valence-corrected chi connectivity index (χ1v) is 8.45. The third-order valence-corrected chi connectivity index (χ3v) is 4.47. The van der Waals surface area contributed by atoms with Gasteiger partial charge in [-0.3, -0.25) is 19.7 Å². The molecule has 27 heavy (non-hydrogen) atoms. The molecule has 0 aliphatic rings. The van der Waals surface area contributed by atoms with Gasteiger partial charge in [0.05, 0.1) is 18.5 Å². The van der Waals surface area contributed by atoms with Gasteiger partial charge in [-0.25, -0.2) is 0 Å². The van der Waals surface area contributed by atoms with E-state index in [9.17, 15) is 19.7 Å². The maximum Gasteiger partial charge on any atom is 0.269 e. The number of rotatable bonds is 7. The van der Waals surface area contributed by atoms with Crippen molar-refractivity contribution < 1.29 is 19.2 Å². The van der Waals surface area contributed by atoms with Crippen LogP contribution in [0.15, 0.2) is 36.4 Å². The lowest BCUT2D eigenvalue weighted by atomic mass is 10.0. The van der Waals surface area contributed by atoms with Crippen molar-refractivity contribution in [1.29, 1.82) is 0 Å². The normalized spacial score (nSPS) is 10.4. The lowest BCUT2D eigenvalue weighted by Crippen LogP contribution is -2.28. The lowest BCUT2D eigenvalue weighted by molar-refractivity contribution is -0.384. The number of amides is 1. The average molecular weight is 391 g/mol. The minimum Gasteiger partial charge on any atom is -0.496 e. The maximum atomic E-state index is 12.6. The van der Waals surface area contributed by atoms with Gasteiger partial charge in [-0.05, 0) is 36.8 Å². The molecule has 8 heteroatoms. The molecule has 0 N–H and O–H groups in total. The number of methoxy groups -OCH3 is 1. The fourth-order valence-electron chi connectivity index (χ4n) is 2.57. The van der Waals surface area contributed by atoms with Gasteiger partial charge in [-0.15, -0.1) is 0 Å². The highest BCUT2D eigenvalue weighted by atomic mass is 35.5. The van der Waals surface area contributed by atoms with Gasteiger partial charge < -0.3 is 9.64 Å². The molecule has 0 aromatic heterocycles. The number of hydrogen-bond acceptors (Lipinski definition) is 5. The summed E-state index contributed by atoms with van der Waals surface area (Å²) in [5.41, 5.74) is 1.47. The lowest BCUT2D eigenvalue weighted by Gasteiger charge is -2.19. The Morgan fingerprint density at radius 3 is 2.48 bits per heavy atom. The molecule has 0 aliphatic carbocycles. The molecular weight excluding hydrogens is 372 g/mol. The fraction of sp³-hybridized carbons (Fsp3) is 0.263. The van der Waals surface area contributed by atoms with Gasteiger partial charge >= 0.3 is 0 Å². The third kappa shape index (κ3) is 5.04. The Bertz CT molecular complexity index is 898. The number of halogens is 1. The van der Waals surface area contributed by atoms with Crippen molar-refractivity contribution in [2.45, 2.75) is 19.9 Å². The van der Waals surface area contributed by atoms with E-state index in [0.717, 1.165) is 0 Å². The van der Waals surface area contributed by atoms with Crippen molar-refractivity contribution in [2.75, 3.05) is 14.2 Å². The number of nitro groups is 1. The summed E-state index contributed by atoms with van der Waals surface area (Å²) in [6.45, 7) is 1.57. The molecule has 0 fully saturated rings. The smallest absolute Gasteiger partial charge is 0.269 e. The molecule has 1 amide bonds. The molecule has 0 atom stereocenters. The molecule has 7 nitrogen and oxygen atoms in total. The number of carbonyl (C=O) groups excluding carboxylic acids is 2. The van der Waals surface area contributed by atoms with Crippen molar-refractivity contribution >= 4 is 29.0 Å². The van der Waals surface area contributed by atoms with E-state index < -0.39 is 4.92 Å². The van der Waals surface area contributed by atoms with Crippen LogP contribution in [-0.4, -0.2) is 35.7 Å². The number of likely N-dealkylation sites (N-methyl/N-ethyl adjacent to an activating group) is 1. The summed E-state index contributed by atoms with van der Waals surface area (Å²) >= 11 is 6.10. The van der Waals surface area contributed by atoms with E-state index in [2.05, 4.69) is 0 Å². The number of benzene rings is 2. The molecule has 0 radical (unpaired) electrons. The molecule has 0 bridgehead atoms. The standard InChI is InChI=1S/C19H19ClN2O5/c1-12(23)13-4-7-18(27-3)14(8-13)10-19(24)21(2)11-15-9-16(22(25)26)5-6-17(15)20/h4-9H,10-11H2,1-3H3. The van der Waals surface area contributed by atoms with Crippen LogP contribution >= 0.6 is 11.6 Å². The first kappa shape index (κ1) is 20.4. The van der Waals surface area contributed by atoms with Crippen molar-refractivity contribution in [2.24, 2.45) is 0 Å². The summed E-state index contributed by atoms with van der Waals surface area (Å²) in [5, 5.41) is 11.3. The summed E-state index contributed by atoms with van der Waals surface area (Å²) in [7, 11) is 3.07. The largest absolute Gasteiger partial charge is 0.496 e. The number of nitro benzene ring substituents is 1. The van der Waals surface area contributed by atoms with Crippen LogP contribution < -0.4 is 4.74 Å². The second-order valence-corrected chi connectivity index (χ2v) is 6.45. The number of carbonyl (C=O) groups is 2. The van der Waals surface area contributed by atoms with Gasteiger partial charge in [0.1, 0.15) is 5.75 Å². The minimum atomic E-state index is -0.514. The van der Waals surface area contributed by atoms with Gasteiger partial charge in [0, 0.05) is 41.9 Å². The van der Waals surface area contributed by atoms with Crippen LogP contribution in [0, 0.1) is 10.1 Å². The summed E-state index contributed by atoms with van der Waals surface area (Å²) < 4.78 is 5.26. The first-order chi connectivity index (χ1) is 12.7.